The van der Waals surface area contributed by atoms with Crippen molar-refractivity contribution in [3.8, 4) is 5.75 Å². The van der Waals surface area contributed by atoms with Crippen LogP contribution in [-0.4, -0.2) is 20.0 Å². The third kappa shape index (κ3) is 1.58. The third-order valence-corrected chi connectivity index (χ3v) is 4.18. The summed E-state index contributed by atoms with van der Waals surface area (Å²) >= 11 is 0. The standard InChI is InChI=1S/C16H16O3/c1-17-15-12-8-9-18-16(12)19-13-7-6-10-4-2-3-5-11(10)14(13)15/h2-7,12,15-16H,8-9H2,1H3/t12-,15-,16+/m0/s1. The lowest BCUT2D eigenvalue weighted by molar-refractivity contribution is -0.111. The van der Waals surface area contributed by atoms with Crippen LogP contribution in [0, 0.1) is 5.92 Å². The van der Waals surface area contributed by atoms with Gasteiger partial charge >= 0.3 is 0 Å². The topological polar surface area (TPSA) is 27.7 Å². The van der Waals surface area contributed by atoms with Crippen LogP contribution in [0.2, 0.25) is 0 Å². The van der Waals surface area contributed by atoms with Crippen LogP contribution in [0.15, 0.2) is 36.4 Å². The van der Waals surface area contributed by atoms with Gasteiger partial charge in [-0.15, -0.1) is 0 Å². The fraction of sp³-hybridized carbons (Fsp3) is 0.375. The predicted molar refractivity (Wildman–Crippen MR) is 72.2 cm³/mol. The van der Waals surface area contributed by atoms with Crippen molar-refractivity contribution in [1.82, 2.24) is 0 Å². The van der Waals surface area contributed by atoms with Crippen molar-refractivity contribution < 1.29 is 14.2 Å². The molecule has 2 aliphatic rings. The second kappa shape index (κ2) is 4.22. The molecule has 0 unspecified atom stereocenters. The number of fused-ring (bicyclic) bond motifs is 4. The lowest BCUT2D eigenvalue weighted by Crippen LogP contribution is -2.33. The number of rotatable bonds is 1. The summed E-state index contributed by atoms with van der Waals surface area (Å²) in [6.45, 7) is 0.751. The van der Waals surface area contributed by atoms with E-state index in [4.69, 9.17) is 14.2 Å². The van der Waals surface area contributed by atoms with Gasteiger partial charge in [-0.25, -0.2) is 0 Å². The van der Waals surface area contributed by atoms with E-state index in [9.17, 15) is 0 Å². The Morgan fingerprint density at radius 3 is 2.95 bits per heavy atom. The first-order valence-electron chi connectivity index (χ1n) is 6.71. The molecule has 0 amide bonds. The Labute approximate surface area is 112 Å². The van der Waals surface area contributed by atoms with Crippen LogP contribution in [0.3, 0.4) is 0 Å². The summed E-state index contributed by atoms with van der Waals surface area (Å²) in [5, 5.41) is 2.45. The van der Waals surface area contributed by atoms with Crippen LogP contribution in [0.4, 0.5) is 0 Å². The molecule has 0 aromatic heterocycles. The second-order valence-electron chi connectivity index (χ2n) is 5.16. The number of ether oxygens (including phenoxy) is 3. The zero-order valence-corrected chi connectivity index (χ0v) is 10.8. The van der Waals surface area contributed by atoms with E-state index >= 15 is 0 Å². The maximum atomic E-state index is 5.99. The summed E-state index contributed by atoms with van der Waals surface area (Å²) < 4.78 is 17.4. The van der Waals surface area contributed by atoms with Gasteiger partial charge in [0.2, 0.25) is 6.29 Å². The zero-order valence-electron chi connectivity index (χ0n) is 10.8. The van der Waals surface area contributed by atoms with Crippen molar-refractivity contribution in [2.24, 2.45) is 5.92 Å². The molecule has 98 valence electrons. The molecule has 1 saturated heterocycles. The molecular formula is C16H16O3. The Balaban J connectivity index is 1.96. The molecule has 3 heteroatoms. The molecule has 0 bridgehead atoms. The van der Waals surface area contributed by atoms with Crippen molar-refractivity contribution in [2.45, 2.75) is 18.8 Å². The van der Waals surface area contributed by atoms with Gasteiger partial charge in [0.15, 0.2) is 0 Å². The normalized spacial score (nSPS) is 28.8. The van der Waals surface area contributed by atoms with Crippen molar-refractivity contribution in [2.75, 3.05) is 13.7 Å². The molecule has 0 saturated carbocycles. The van der Waals surface area contributed by atoms with Crippen LogP contribution >= 0.6 is 0 Å². The molecule has 2 aliphatic heterocycles. The van der Waals surface area contributed by atoms with Gasteiger partial charge in [-0.2, -0.15) is 0 Å². The zero-order chi connectivity index (χ0) is 12.8. The fourth-order valence-corrected chi connectivity index (χ4v) is 3.30. The monoisotopic (exact) mass is 256 g/mol. The third-order valence-electron chi connectivity index (χ3n) is 4.18. The minimum atomic E-state index is -0.154. The Hall–Kier alpha value is -1.58. The van der Waals surface area contributed by atoms with E-state index < -0.39 is 0 Å². The van der Waals surface area contributed by atoms with Crippen LogP contribution < -0.4 is 4.74 Å². The minimum Gasteiger partial charge on any atom is -0.464 e. The lowest BCUT2D eigenvalue weighted by Gasteiger charge is -2.34. The van der Waals surface area contributed by atoms with Gasteiger partial charge in [0.25, 0.3) is 0 Å². The predicted octanol–water partition coefficient (Wildman–Crippen LogP) is 3.28. The molecular weight excluding hydrogens is 240 g/mol. The largest absolute Gasteiger partial charge is 0.464 e. The number of methoxy groups -OCH3 is 1. The van der Waals surface area contributed by atoms with Gasteiger partial charge in [-0.1, -0.05) is 30.3 Å². The van der Waals surface area contributed by atoms with Crippen molar-refractivity contribution in [3.05, 3.63) is 42.0 Å². The first-order chi connectivity index (χ1) is 9.38. The van der Waals surface area contributed by atoms with E-state index in [0.717, 1.165) is 18.8 Å². The number of hydrogen-bond donors (Lipinski definition) is 0. The maximum absolute atomic E-state index is 5.99. The fourth-order valence-electron chi connectivity index (χ4n) is 3.30. The van der Waals surface area contributed by atoms with E-state index in [-0.39, 0.29) is 12.4 Å². The number of benzene rings is 2. The summed E-state index contributed by atoms with van der Waals surface area (Å²) in [6.07, 6.45) is 0.896. The second-order valence-corrected chi connectivity index (χ2v) is 5.16. The molecule has 0 radical (unpaired) electrons. The van der Waals surface area contributed by atoms with E-state index in [0.29, 0.717) is 5.92 Å². The van der Waals surface area contributed by atoms with Crippen molar-refractivity contribution >= 4 is 10.8 Å². The summed E-state index contributed by atoms with van der Waals surface area (Å²) in [6, 6.07) is 12.5. The van der Waals surface area contributed by atoms with E-state index in [2.05, 4.69) is 30.3 Å². The van der Waals surface area contributed by atoms with Crippen LogP contribution in [0.25, 0.3) is 10.8 Å². The molecule has 19 heavy (non-hydrogen) atoms. The molecule has 0 spiro atoms. The average molecular weight is 256 g/mol. The van der Waals surface area contributed by atoms with E-state index in [1.807, 2.05) is 6.07 Å². The van der Waals surface area contributed by atoms with Crippen LogP contribution in [-0.2, 0) is 9.47 Å². The summed E-state index contributed by atoms with van der Waals surface area (Å²) in [5.41, 5.74) is 1.17. The average Bonchev–Trinajstić information content (AvgIpc) is 2.92. The van der Waals surface area contributed by atoms with Gasteiger partial charge < -0.3 is 14.2 Å². The molecule has 2 aromatic rings. The van der Waals surface area contributed by atoms with E-state index in [1.54, 1.807) is 7.11 Å². The van der Waals surface area contributed by atoms with Crippen molar-refractivity contribution in [3.63, 3.8) is 0 Å². The Kier molecular flexibility index (Phi) is 2.50. The van der Waals surface area contributed by atoms with Gasteiger partial charge in [-0.05, 0) is 23.3 Å². The van der Waals surface area contributed by atoms with Gasteiger partial charge in [0, 0.05) is 12.7 Å². The molecule has 3 nitrogen and oxygen atoms in total. The van der Waals surface area contributed by atoms with Crippen molar-refractivity contribution in [1.29, 1.82) is 0 Å². The van der Waals surface area contributed by atoms with Gasteiger partial charge in [0.1, 0.15) is 5.75 Å². The first-order valence-corrected chi connectivity index (χ1v) is 6.71. The summed E-state index contributed by atoms with van der Waals surface area (Å²) in [7, 11) is 1.77. The molecule has 1 fully saturated rings. The highest BCUT2D eigenvalue weighted by Crippen LogP contribution is 2.47. The highest BCUT2D eigenvalue weighted by atomic mass is 16.7. The molecule has 2 aromatic carbocycles. The minimum absolute atomic E-state index is 0.0577. The molecule has 0 aliphatic carbocycles. The van der Waals surface area contributed by atoms with Crippen LogP contribution in [0.1, 0.15) is 18.1 Å². The quantitative estimate of drug-likeness (QED) is 0.783. The summed E-state index contributed by atoms with van der Waals surface area (Å²) in [5.74, 6) is 1.19. The molecule has 0 N–H and O–H groups in total. The highest BCUT2D eigenvalue weighted by molar-refractivity contribution is 5.88. The number of hydrogen-bond acceptors (Lipinski definition) is 3. The maximum Gasteiger partial charge on any atom is 0.205 e. The van der Waals surface area contributed by atoms with E-state index in [1.165, 1.54) is 16.3 Å². The Morgan fingerprint density at radius 1 is 1.16 bits per heavy atom. The highest BCUT2D eigenvalue weighted by Gasteiger charge is 2.43. The Morgan fingerprint density at radius 2 is 2.05 bits per heavy atom. The summed E-state index contributed by atoms with van der Waals surface area (Å²) in [4.78, 5) is 0. The molecule has 2 heterocycles. The molecule has 3 atom stereocenters. The first kappa shape index (κ1) is 11.3. The molecule has 4 rings (SSSR count). The lowest BCUT2D eigenvalue weighted by atomic mass is 9.87. The van der Waals surface area contributed by atoms with Gasteiger partial charge in [0.05, 0.1) is 18.6 Å². The van der Waals surface area contributed by atoms with Gasteiger partial charge in [-0.3, -0.25) is 0 Å². The SMILES string of the molecule is CO[C@@H]1c2c(ccc3ccccc23)O[C@H]2OCC[C@H]21. The smallest absolute Gasteiger partial charge is 0.205 e. The van der Waals surface area contributed by atoms with Crippen LogP contribution in [0.5, 0.6) is 5.75 Å². The Bertz CT molecular complexity index is 622.